The van der Waals surface area contributed by atoms with E-state index in [2.05, 4.69) is 5.32 Å². The van der Waals surface area contributed by atoms with Crippen molar-refractivity contribution in [3.05, 3.63) is 0 Å². The lowest BCUT2D eigenvalue weighted by Gasteiger charge is -2.29. The zero-order valence-electron chi connectivity index (χ0n) is 9.75. The molecule has 0 radical (unpaired) electrons. The van der Waals surface area contributed by atoms with E-state index in [1.165, 1.54) is 0 Å². The molecule has 2 atom stereocenters. The Morgan fingerprint density at radius 3 is 2.80 bits per heavy atom. The minimum atomic E-state index is -0.574. The Hall–Kier alpha value is -0.610. The van der Waals surface area contributed by atoms with Crippen LogP contribution in [0.25, 0.3) is 0 Å². The first-order valence-electron chi connectivity index (χ1n) is 5.52. The number of amides is 1. The number of hydrogen-bond donors (Lipinski definition) is 2. The fourth-order valence-electron chi connectivity index (χ4n) is 1.53. The van der Waals surface area contributed by atoms with Crippen LogP contribution in [0.3, 0.4) is 0 Å². The van der Waals surface area contributed by atoms with Crippen molar-refractivity contribution >= 4 is 5.91 Å². The summed E-state index contributed by atoms with van der Waals surface area (Å²) in [6, 6.07) is 0. The molecule has 88 valence electrons. The first-order chi connectivity index (χ1) is 6.92. The van der Waals surface area contributed by atoms with Crippen LogP contribution in [0.4, 0.5) is 0 Å². The van der Waals surface area contributed by atoms with Crippen LogP contribution in [-0.4, -0.2) is 35.4 Å². The summed E-state index contributed by atoms with van der Waals surface area (Å²) >= 11 is 0. The number of nitrogens with one attached hydrogen (secondary N) is 1. The van der Waals surface area contributed by atoms with Crippen LogP contribution in [0.5, 0.6) is 0 Å². The monoisotopic (exact) mass is 215 g/mol. The minimum absolute atomic E-state index is 0.0483. The maximum Gasteiger partial charge on any atom is 0.223 e. The third kappa shape index (κ3) is 3.80. The summed E-state index contributed by atoms with van der Waals surface area (Å²) in [7, 11) is 0. The zero-order valence-corrected chi connectivity index (χ0v) is 9.75. The highest BCUT2D eigenvalue weighted by molar-refractivity contribution is 5.77. The van der Waals surface area contributed by atoms with Gasteiger partial charge in [0.05, 0.1) is 24.2 Å². The first-order valence-corrected chi connectivity index (χ1v) is 5.52. The maximum atomic E-state index is 11.6. The lowest BCUT2D eigenvalue weighted by atomic mass is 9.98. The predicted molar refractivity (Wildman–Crippen MR) is 57.5 cm³/mol. The SMILES string of the molecule is CC(O)C(C)(C)NC(=O)CC1CCCO1. The molecule has 0 spiro atoms. The summed E-state index contributed by atoms with van der Waals surface area (Å²) in [4.78, 5) is 11.6. The van der Waals surface area contributed by atoms with Gasteiger partial charge in [-0.05, 0) is 33.6 Å². The Balaban J connectivity index is 2.34. The molecule has 2 N–H and O–H groups in total. The number of carbonyl (C=O) groups is 1. The molecule has 4 nitrogen and oxygen atoms in total. The quantitative estimate of drug-likeness (QED) is 0.730. The molecule has 1 fully saturated rings. The smallest absolute Gasteiger partial charge is 0.223 e. The van der Waals surface area contributed by atoms with Gasteiger partial charge in [-0.1, -0.05) is 0 Å². The first kappa shape index (κ1) is 12.5. The normalized spacial score (nSPS) is 23.9. The van der Waals surface area contributed by atoms with Crippen molar-refractivity contribution in [3.63, 3.8) is 0 Å². The third-order valence-corrected chi connectivity index (χ3v) is 2.94. The molecule has 0 bridgehead atoms. The molecule has 1 heterocycles. The molecule has 0 saturated carbocycles. The molecule has 1 saturated heterocycles. The summed E-state index contributed by atoms with van der Waals surface area (Å²) in [5.41, 5.74) is -0.574. The van der Waals surface area contributed by atoms with Gasteiger partial charge in [0.15, 0.2) is 0 Å². The van der Waals surface area contributed by atoms with Crippen LogP contribution in [0.1, 0.15) is 40.0 Å². The van der Waals surface area contributed by atoms with Gasteiger partial charge < -0.3 is 15.2 Å². The Morgan fingerprint density at radius 2 is 2.33 bits per heavy atom. The molecule has 1 aliphatic rings. The van der Waals surface area contributed by atoms with E-state index in [1.54, 1.807) is 6.92 Å². The summed E-state index contributed by atoms with van der Waals surface area (Å²) in [6.07, 6.45) is 1.90. The summed E-state index contributed by atoms with van der Waals surface area (Å²) in [5, 5.41) is 12.3. The molecule has 1 rings (SSSR count). The molecule has 0 aliphatic carbocycles. The van der Waals surface area contributed by atoms with Crippen molar-refractivity contribution in [2.45, 2.75) is 57.8 Å². The van der Waals surface area contributed by atoms with Crippen molar-refractivity contribution in [2.75, 3.05) is 6.61 Å². The van der Waals surface area contributed by atoms with E-state index < -0.39 is 11.6 Å². The second-order valence-corrected chi connectivity index (χ2v) is 4.78. The Bertz CT molecular complexity index is 220. The largest absolute Gasteiger partial charge is 0.391 e. The highest BCUT2D eigenvalue weighted by Crippen LogP contribution is 2.16. The Labute approximate surface area is 91.0 Å². The summed E-state index contributed by atoms with van der Waals surface area (Å²) < 4.78 is 5.38. The lowest BCUT2D eigenvalue weighted by molar-refractivity contribution is -0.126. The van der Waals surface area contributed by atoms with Crippen LogP contribution >= 0.6 is 0 Å². The van der Waals surface area contributed by atoms with Crippen molar-refractivity contribution in [1.29, 1.82) is 0 Å². The molecule has 0 aromatic carbocycles. The van der Waals surface area contributed by atoms with E-state index in [9.17, 15) is 9.90 Å². The average Bonchev–Trinajstić information content (AvgIpc) is 2.54. The van der Waals surface area contributed by atoms with E-state index in [0.717, 1.165) is 19.4 Å². The van der Waals surface area contributed by atoms with Gasteiger partial charge in [0.2, 0.25) is 5.91 Å². The molecule has 4 heteroatoms. The maximum absolute atomic E-state index is 11.6. The fraction of sp³-hybridized carbons (Fsp3) is 0.909. The van der Waals surface area contributed by atoms with Crippen molar-refractivity contribution in [1.82, 2.24) is 5.32 Å². The van der Waals surface area contributed by atoms with Crippen LogP contribution in [-0.2, 0) is 9.53 Å². The summed E-state index contributed by atoms with van der Waals surface area (Å²) in [5.74, 6) is -0.0483. The molecule has 1 aliphatic heterocycles. The van der Waals surface area contributed by atoms with Gasteiger partial charge in [-0.3, -0.25) is 4.79 Å². The number of hydrogen-bond acceptors (Lipinski definition) is 3. The minimum Gasteiger partial charge on any atom is -0.391 e. The second-order valence-electron chi connectivity index (χ2n) is 4.78. The van der Waals surface area contributed by atoms with E-state index in [-0.39, 0.29) is 12.0 Å². The molecule has 15 heavy (non-hydrogen) atoms. The zero-order chi connectivity index (χ0) is 11.5. The van der Waals surface area contributed by atoms with Gasteiger partial charge >= 0.3 is 0 Å². The van der Waals surface area contributed by atoms with E-state index in [0.29, 0.717) is 6.42 Å². The number of aliphatic hydroxyl groups is 1. The van der Waals surface area contributed by atoms with E-state index in [1.807, 2.05) is 13.8 Å². The molecule has 2 unspecified atom stereocenters. The molecule has 1 amide bonds. The van der Waals surface area contributed by atoms with Gasteiger partial charge in [0, 0.05) is 6.61 Å². The summed E-state index contributed by atoms with van der Waals surface area (Å²) in [6.45, 7) is 6.06. The molecular formula is C11H21NO3. The average molecular weight is 215 g/mol. The highest BCUT2D eigenvalue weighted by Gasteiger charge is 2.27. The predicted octanol–water partition coefficient (Wildman–Crippen LogP) is 0.831. The lowest BCUT2D eigenvalue weighted by Crippen LogP contribution is -2.51. The highest BCUT2D eigenvalue weighted by atomic mass is 16.5. The molecular weight excluding hydrogens is 194 g/mol. The van der Waals surface area contributed by atoms with Gasteiger partial charge in [-0.25, -0.2) is 0 Å². The van der Waals surface area contributed by atoms with Gasteiger partial charge in [-0.15, -0.1) is 0 Å². The van der Waals surface area contributed by atoms with Crippen LogP contribution < -0.4 is 5.32 Å². The van der Waals surface area contributed by atoms with Gasteiger partial charge in [0.1, 0.15) is 0 Å². The number of rotatable bonds is 4. The van der Waals surface area contributed by atoms with E-state index >= 15 is 0 Å². The second kappa shape index (κ2) is 4.94. The number of aliphatic hydroxyl groups excluding tert-OH is 1. The Kier molecular flexibility index (Phi) is 4.11. The fourth-order valence-corrected chi connectivity index (χ4v) is 1.53. The van der Waals surface area contributed by atoms with E-state index in [4.69, 9.17) is 4.74 Å². The van der Waals surface area contributed by atoms with Crippen molar-refractivity contribution in [2.24, 2.45) is 0 Å². The molecule has 0 aromatic heterocycles. The van der Waals surface area contributed by atoms with Crippen molar-refractivity contribution in [3.8, 4) is 0 Å². The Morgan fingerprint density at radius 1 is 1.67 bits per heavy atom. The standard InChI is InChI=1S/C11H21NO3/c1-8(13)11(2,3)12-10(14)7-9-5-4-6-15-9/h8-9,13H,4-7H2,1-3H3,(H,12,14). The number of carbonyl (C=O) groups excluding carboxylic acids is 1. The van der Waals surface area contributed by atoms with Gasteiger partial charge in [0.25, 0.3) is 0 Å². The number of ether oxygens (including phenoxy) is 1. The van der Waals surface area contributed by atoms with Crippen LogP contribution in [0.15, 0.2) is 0 Å². The third-order valence-electron chi connectivity index (χ3n) is 2.94. The molecule has 0 aromatic rings. The van der Waals surface area contributed by atoms with Crippen LogP contribution in [0, 0.1) is 0 Å². The van der Waals surface area contributed by atoms with Crippen molar-refractivity contribution < 1.29 is 14.6 Å². The van der Waals surface area contributed by atoms with Gasteiger partial charge in [-0.2, -0.15) is 0 Å². The topological polar surface area (TPSA) is 58.6 Å². The van der Waals surface area contributed by atoms with Crippen LogP contribution in [0.2, 0.25) is 0 Å².